The zero-order valence-corrected chi connectivity index (χ0v) is 11.9. The molecule has 2 aromatic heterocycles. The lowest BCUT2D eigenvalue weighted by Crippen LogP contribution is -2.04. The fourth-order valence-corrected chi connectivity index (χ4v) is 2.87. The van der Waals surface area contributed by atoms with Crippen molar-refractivity contribution in [2.45, 2.75) is 25.8 Å². The van der Waals surface area contributed by atoms with Crippen LogP contribution in [0.4, 0.5) is 0 Å². The van der Waals surface area contributed by atoms with Crippen molar-refractivity contribution in [3.8, 4) is 0 Å². The highest BCUT2D eigenvalue weighted by Crippen LogP contribution is 2.20. The number of aromatic amines is 1. The zero-order valence-electron chi connectivity index (χ0n) is 11.1. The summed E-state index contributed by atoms with van der Waals surface area (Å²) >= 11 is 1.53. The van der Waals surface area contributed by atoms with Gasteiger partial charge in [0.25, 0.3) is 0 Å². The van der Waals surface area contributed by atoms with Gasteiger partial charge in [-0.3, -0.25) is 9.48 Å². The second-order valence-corrected chi connectivity index (χ2v) is 5.45. The highest BCUT2D eigenvalue weighted by Gasteiger charge is 2.13. The lowest BCUT2D eigenvalue weighted by atomic mass is 10.2. The Labute approximate surface area is 111 Å². The summed E-state index contributed by atoms with van der Waals surface area (Å²) in [5.74, 6) is 0.595. The van der Waals surface area contributed by atoms with Gasteiger partial charge in [0.15, 0.2) is 5.78 Å². The molecule has 0 saturated carbocycles. The van der Waals surface area contributed by atoms with Gasteiger partial charge in [0, 0.05) is 24.0 Å². The van der Waals surface area contributed by atoms with Crippen molar-refractivity contribution in [3.05, 3.63) is 34.8 Å². The van der Waals surface area contributed by atoms with Crippen LogP contribution in [-0.2, 0) is 7.05 Å². The Morgan fingerprint density at radius 2 is 2.11 bits per heavy atom. The monoisotopic (exact) mass is 263 g/mol. The molecule has 96 valence electrons. The van der Waals surface area contributed by atoms with E-state index in [4.69, 9.17) is 0 Å². The molecule has 0 bridgehead atoms. The van der Waals surface area contributed by atoms with Crippen molar-refractivity contribution >= 4 is 17.5 Å². The van der Waals surface area contributed by atoms with Crippen molar-refractivity contribution in [1.82, 2.24) is 14.8 Å². The van der Waals surface area contributed by atoms with Crippen LogP contribution in [0.1, 0.15) is 27.4 Å². The minimum atomic E-state index is 0.153. The number of nitrogens with one attached hydrogen (secondary N) is 1. The molecule has 0 spiro atoms. The first-order valence-corrected chi connectivity index (χ1v) is 6.79. The van der Waals surface area contributed by atoms with Gasteiger partial charge in [-0.05, 0) is 32.9 Å². The molecule has 2 aromatic rings. The SMILES string of the molecule is Cc1cc(SCC(=O)c2cc(C)[nH]c2C)n(C)n1. The Balaban J connectivity index is 2.05. The van der Waals surface area contributed by atoms with Gasteiger partial charge in [-0.2, -0.15) is 5.10 Å². The van der Waals surface area contributed by atoms with Crippen molar-refractivity contribution in [2.75, 3.05) is 5.75 Å². The number of carbonyl (C=O) groups is 1. The van der Waals surface area contributed by atoms with Crippen LogP contribution >= 0.6 is 11.8 Å². The molecule has 18 heavy (non-hydrogen) atoms. The van der Waals surface area contributed by atoms with Crippen LogP contribution in [-0.4, -0.2) is 26.3 Å². The van der Waals surface area contributed by atoms with Crippen molar-refractivity contribution in [2.24, 2.45) is 7.05 Å². The minimum absolute atomic E-state index is 0.153. The Morgan fingerprint density at radius 1 is 1.39 bits per heavy atom. The topological polar surface area (TPSA) is 50.7 Å². The van der Waals surface area contributed by atoms with Gasteiger partial charge in [-0.25, -0.2) is 0 Å². The third-order valence-corrected chi connectivity index (χ3v) is 3.84. The molecule has 0 fully saturated rings. The number of carbonyl (C=O) groups excluding carboxylic acids is 1. The third kappa shape index (κ3) is 2.67. The highest BCUT2D eigenvalue weighted by molar-refractivity contribution is 7.99. The number of nitrogens with zero attached hydrogens (tertiary/aromatic N) is 2. The van der Waals surface area contributed by atoms with E-state index in [1.807, 2.05) is 44.6 Å². The number of thioether (sulfide) groups is 1. The molecule has 0 amide bonds. The molecule has 0 radical (unpaired) electrons. The van der Waals surface area contributed by atoms with Gasteiger partial charge in [-0.1, -0.05) is 11.8 Å². The molecule has 0 saturated heterocycles. The summed E-state index contributed by atoms with van der Waals surface area (Å²) in [5, 5.41) is 5.28. The average Bonchev–Trinajstić information content (AvgIpc) is 2.78. The maximum atomic E-state index is 12.1. The number of aryl methyl sites for hydroxylation is 4. The summed E-state index contributed by atoms with van der Waals surface area (Å²) in [4.78, 5) is 15.3. The molecular formula is C13H17N3OS. The number of Topliss-reactive ketones (excluding diaryl/α,β-unsaturated/α-hetero) is 1. The zero-order chi connectivity index (χ0) is 13.3. The molecule has 1 N–H and O–H groups in total. The summed E-state index contributed by atoms with van der Waals surface area (Å²) in [6, 6.07) is 3.90. The van der Waals surface area contributed by atoms with E-state index in [-0.39, 0.29) is 5.78 Å². The number of H-pyrrole nitrogens is 1. The molecule has 0 atom stereocenters. The quantitative estimate of drug-likeness (QED) is 0.681. The fourth-order valence-electron chi connectivity index (χ4n) is 1.95. The van der Waals surface area contributed by atoms with Gasteiger partial charge in [0.05, 0.1) is 16.5 Å². The van der Waals surface area contributed by atoms with Crippen LogP contribution in [0.5, 0.6) is 0 Å². The summed E-state index contributed by atoms with van der Waals surface area (Å²) in [5.41, 5.74) is 3.73. The van der Waals surface area contributed by atoms with E-state index in [1.165, 1.54) is 11.8 Å². The highest BCUT2D eigenvalue weighted by atomic mass is 32.2. The lowest BCUT2D eigenvalue weighted by molar-refractivity contribution is 0.102. The molecule has 0 aromatic carbocycles. The van der Waals surface area contributed by atoms with Crippen LogP contribution in [0.3, 0.4) is 0 Å². The standard InChI is InChI=1S/C13H17N3OS/c1-8-5-11(10(3)14-8)12(17)7-18-13-6-9(2)15-16(13)4/h5-6,14H,7H2,1-4H3. The molecular weight excluding hydrogens is 246 g/mol. The number of hydrogen-bond donors (Lipinski definition) is 1. The largest absolute Gasteiger partial charge is 0.362 e. The normalized spacial score (nSPS) is 10.9. The molecule has 4 nitrogen and oxygen atoms in total. The summed E-state index contributed by atoms with van der Waals surface area (Å²) in [7, 11) is 1.89. The maximum Gasteiger partial charge on any atom is 0.174 e. The van der Waals surface area contributed by atoms with Gasteiger partial charge < -0.3 is 4.98 Å². The van der Waals surface area contributed by atoms with Gasteiger partial charge in [-0.15, -0.1) is 0 Å². The van der Waals surface area contributed by atoms with E-state index in [9.17, 15) is 4.79 Å². The van der Waals surface area contributed by atoms with E-state index in [0.717, 1.165) is 27.7 Å². The predicted molar refractivity (Wildman–Crippen MR) is 73.3 cm³/mol. The Bertz CT molecular complexity index is 583. The number of aromatic nitrogens is 3. The molecule has 5 heteroatoms. The van der Waals surface area contributed by atoms with E-state index in [0.29, 0.717) is 5.75 Å². The van der Waals surface area contributed by atoms with Crippen LogP contribution < -0.4 is 0 Å². The lowest BCUT2D eigenvalue weighted by Gasteiger charge is -2.01. The van der Waals surface area contributed by atoms with Crippen molar-refractivity contribution in [3.63, 3.8) is 0 Å². The van der Waals surface area contributed by atoms with E-state index in [1.54, 1.807) is 0 Å². The molecule has 2 rings (SSSR count). The second-order valence-electron chi connectivity index (χ2n) is 4.45. The maximum absolute atomic E-state index is 12.1. The molecule has 0 unspecified atom stereocenters. The van der Waals surface area contributed by atoms with Crippen molar-refractivity contribution < 1.29 is 4.79 Å². The predicted octanol–water partition coefficient (Wildman–Crippen LogP) is 2.65. The smallest absolute Gasteiger partial charge is 0.174 e. The first kappa shape index (κ1) is 13.0. The Morgan fingerprint density at radius 3 is 2.61 bits per heavy atom. The molecule has 0 aliphatic heterocycles. The average molecular weight is 263 g/mol. The summed E-state index contributed by atoms with van der Waals surface area (Å²) in [6.45, 7) is 5.84. The summed E-state index contributed by atoms with van der Waals surface area (Å²) in [6.07, 6.45) is 0. The van der Waals surface area contributed by atoms with Gasteiger partial charge >= 0.3 is 0 Å². The number of rotatable bonds is 4. The Hall–Kier alpha value is -1.49. The Kier molecular flexibility index (Phi) is 3.61. The summed E-state index contributed by atoms with van der Waals surface area (Å²) < 4.78 is 1.81. The molecule has 2 heterocycles. The van der Waals surface area contributed by atoms with Crippen LogP contribution in [0.15, 0.2) is 17.2 Å². The van der Waals surface area contributed by atoms with E-state index in [2.05, 4.69) is 10.1 Å². The van der Waals surface area contributed by atoms with E-state index < -0.39 is 0 Å². The number of ketones is 1. The van der Waals surface area contributed by atoms with E-state index >= 15 is 0 Å². The fraction of sp³-hybridized carbons (Fsp3) is 0.385. The minimum Gasteiger partial charge on any atom is -0.362 e. The first-order chi connectivity index (χ1) is 8.47. The third-order valence-electron chi connectivity index (χ3n) is 2.76. The first-order valence-electron chi connectivity index (χ1n) is 5.80. The van der Waals surface area contributed by atoms with Crippen LogP contribution in [0, 0.1) is 20.8 Å². The number of hydrogen-bond acceptors (Lipinski definition) is 3. The second kappa shape index (κ2) is 5.02. The van der Waals surface area contributed by atoms with Crippen molar-refractivity contribution in [1.29, 1.82) is 0 Å². The van der Waals surface area contributed by atoms with Gasteiger partial charge in [0.2, 0.25) is 0 Å². The van der Waals surface area contributed by atoms with Crippen LogP contribution in [0.25, 0.3) is 0 Å². The van der Waals surface area contributed by atoms with Gasteiger partial charge in [0.1, 0.15) is 0 Å². The van der Waals surface area contributed by atoms with Crippen LogP contribution in [0.2, 0.25) is 0 Å². The molecule has 0 aliphatic carbocycles. The molecule has 0 aliphatic rings.